The molecule has 0 atom stereocenters. The molecule has 0 unspecified atom stereocenters. The summed E-state index contributed by atoms with van der Waals surface area (Å²) in [5.41, 5.74) is 10.3. The molecular weight excluding hydrogens is 490 g/mol. The lowest BCUT2D eigenvalue weighted by Crippen LogP contribution is -2.18. The average Bonchev–Trinajstić information content (AvgIpc) is 3.68. The number of hydrogen-bond acceptors (Lipinski definition) is 8. The van der Waals surface area contributed by atoms with Crippen LogP contribution in [0.2, 0.25) is 0 Å². The zero-order valence-electron chi connectivity index (χ0n) is 19.5. The van der Waals surface area contributed by atoms with Crippen molar-refractivity contribution < 1.29 is 4.79 Å². The number of hydrogen-bond donors (Lipinski definition) is 3. The first-order chi connectivity index (χ1) is 17.6. The monoisotopic (exact) mass is 515 g/mol. The van der Waals surface area contributed by atoms with Gasteiger partial charge in [0.15, 0.2) is 5.13 Å². The molecule has 5 aromatic rings. The van der Waals surface area contributed by atoms with Gasteiger partial charge in [-0.1, -0.05) is 29.5 Å². The number of anilines is 4. The van der Waals surface area contributed by atoms with E-state index in [9.17, 15) is 4.79 Å². The number of nitrogens with two attached hydrogens (primary N) is 1. The van der Waals surface area contributed by atoms with Crippen LogP contribution in [0.5, 0.6) is 0 Å². The molecule has 1 fully saturated rings. The van der Waals surface area contributed by atoms with Crippen LogP contribution in [0.15, 0.2) is 67.1 Å². The first-order valence-corrected chi connectivity index (χ1v) is 13.4. The van der Waals surface area contributed by atoms with Crippen LogP contribution in [-0.4, -0.2) is 38.3 Å². The summed E-state index contributed by atoms with van der Waals surface area (Å²) in [6.45, 7) is 3.25. The molecular formula is C26H25N7OS2. The molecule has 0 aliphatic carbocycles. The molecule has 182 valence electrons. The third-order valence-electron chi connectivity index (χ3n) is 6.24. The average molecular weight is 516 g/mol. The van der Waals surface area contributed by atoms with E-state index in [-0.39, 0.29) is 5.91 Å². The minimum absolute atomic E-state index is 0.193. The third kappa shape index (κ3) is 4.58. The highest BCUT2D eigenvalue weighted by molar-refractivity contribution is 7.20. The summed E-state index contributed by atoms with van der Waals surface area (Å²) in [6, 6.07) is 15.1. The summed E-state index contributed by atoms with van der Waals surface area (Å²) in [5, 5.41) is 7.79. The Balaban J connectivity index is 1.17. The number of benzene rings is 1. The zero-order valence-corrected chi connectivity index (χ0v) is 21.1. The maximum absolute atomic E-state index is 12.6. The molecule has 4 aromatic heterocycles. The fraction of sp³-hybridized carbons (Fsp3) is 0.192. The molecule has 0 saturated carbocycles. The van der Waals surface area contributed by atoms with Gasteiger partial charge in [0.2, 0.25) is 0 Å². The zero-order chi connectivity index (χ0) is 24.5. The van der Waals surface area contributed by atoms with E-state index in [0.717, 1.165) is 46.0 Å². The summed E-state index contributed by atoms with van der Waals surface area (Å²) >= 11 is 2.93. The van der Waals surface area contributed by atoms with Crippen molar-refractivity contribution in [3.63, 3.8) is 0 Å². The van der Waals surface area contributed by atoms with Crippen molar-refractivity contribution in [3.05, 3.63) is 77.6 Å². The topological polar surface area (TPSA) is 101 Å². The summed E-state index contributed by atoms with van der Waals surface area (Å²) in [5.74, 6) is -0.193. The van der Waals surface area contributed by atoms with Crippen molar-refractivity contribution in [2.75, 3.05) is 29.5 Å². The van der Waals surface area contributed by atoms with Gasteiger partial charge in [0.05, 0.1) is 38.0 Å². The number of rotatable bonds is 7. The van der Waals surface area contributed by atoms with E-state index in [1.165, 1.54) is 29.7 Å². The van der Waals surface area contributed by atoms with E-state index < -0.39 is 0 Å². The van der Waals surface area contributed by atoms with Crippen LogP contribution >= 0.6 is 22.7 Å². The number of nitrogen functional groups attached to an aromatic ring is 1. The van der Waals surface area contributed by atoms with Gasteiger partial charge in [0.1, 0.15) is 5.65 Å². The molecule has 5 heterocycles. The Morgan fingerprint density at radius 2 is 1.86 bits per heavy atom. The number of pyridine rings is 1. The number of thiazole rings is 1. The number of thiophene rings is 1. The predicted octanol–water partition coefficient (Wildman–Crippen LogP) is 5.69. The van der Waals surface area contributed by atoms with Gasteiger partial charge in [-0.3, -0.25) is 14.1 Å². The molecule has 36 heavy (non-hydrogen) atoms. The standard InChI is InChI=1S/C26H25N7OS2/c27-18-7-1-2-8-19(18)30-25(34)21-9-10-23(35-21)31-26-29-15-22(36-26)20-14-28-24-17(6-5-13-33(20)24)16-32-11-3-4-12-32/h1-2,5-10,13-15H,3-4,11-12,16,27H2,(H,29,31)(H,30,34). The van der Waals surface area contributed by atoms with Gasteiger partial charge in [0.25, 0.3) is 5.91 Å². The molecule has 1 aromatic carbocycles. The Bertz CT molecular complexity index is 1530. The van der Waals surface area contributed by atoms with Crippen LogP contribution in [-0.2, 0) is 6.54 Å². The second kappa shape index (κ2) is 9.73. The number of nitrogens with one attached hydrogen (secondary N) is 2. The lowest BCUT2D eigenvalue weighted by Gasteiger charge is -2.15. The van der Waals surface area contributed by atoms with Crippen LogP contribution in [0.4, 0.5) is 21.5 Å². The van der Waals surface area contributed by atoms with Crippen LogP contribution in [0.25, 0.3) is 16.2 Å². The van der Waals surface area contributed by atoms with Crippen LogP contribution < -0.4 is 16.4 Å². The molecule has 1 saturated heterocycles. The second-order valence-electron chi connectivity index (χ2n) is 8.71. The Hall–Kier alpha value is -3.73. The molecule has 4 N–H and O–H groups in total. The smallest absolute Gasteiger partial charge is 0.265 e. The van der Waals surface area contributed by atoms with E-state index in [2.05, 4.69) is 43.2 Å². The van der Waals surface area contributed by atoms with Crippen molar-refractivity contribution >= 4 is 55.7 Å². The van der Waals surface area contributed by atoms with Gasteiger partial charge in [-0.05, 0) is 56.3 Å². The number of nitrogens with zero attached hydrogens (tertiary/aromatic N) is 4. The number of aromatic nitrogens is 3. The van der Waals surface area contributed by atoms with Crippen LogP contribution in [0.1, 0.15) is 28.1 Å². The van der Waals surface area contributed by atoms with Gasteiger partial charge in [-0.25, -0.2) is 9.97 Å². The van der Waals surface area contributed by atoms with Crippen molar-refractivity contribution in [1.82, 2.24) is 19.3 Å². The Morgan fingerprint density at radius 1 is 1.00 bits per heavy atom. The van der Waals surface area contributed by atoms with Gasteiger partial charge < -0.3 is 16.4 Å². The molecule has 8 nitrogen and oxygen atoms in total. The molecule has 10 heteroatoms. The van der Waals surface area contributed by atoms with Crippen molar-refractivity contribution in [2.24, 2.45) is 0 Å². The molecule has 1 aliphatic heterocycles. The van der Waals surface area contributed by atoms with E-state index in [4.69, 9.17) is 10.7 Å². The Kier molecular flexibility index (Phi) is 6.14. The molecule has 6 rings (SSSR count). The number of para-hydroxylation sites is 2. The molecule has 1 aliphatic rings. The number of imidazole rings is 1. The van der Waals surface area contributed by atoms with Gasteiger partial charge in [-0.15, -0.1) is 11.3 Å². The Morgan fingerprint density at radius 3 is 2.72 bits per heavy atom. The second-order valence-corrected chi connectivity index (χ2v) is 10.8. The molecule has 0 bridgehead atoms. The highest BCUT2D eigenvalue weighted by Gasteiger charge is 2.17. The summed E-state index contributed by atoms with van der Waals surface area (Å²) < 4.78 is 2.14. The highest BCUT2D eigenvalue weighted by Crippen LogP contribution is 2.34. The maximum Gasteiger partial charge on any atom is 0.265 e. The van der Waals surface area contributed by atoms with E-state index in [1.54, 1.807) is 29.5 Å². The number of amides is 1. The van der Waals surface area contributed by atoms with Gasteiger partial charge >= 0.3 is 0 Å². The Labute approximate surface area is 216 Å². The largest absolute Gasteiger partial charge is 0.397 e. The third-order valence-corrected chi connectivity index (χ3v) is 8.17. The minimum atomic E-state index is -0.193. The number of likely N-dealkylation sites (tertiary alicyclic amines) is 1. The summed E-state index contributed by atoms with van der Waals surface area (Å²) in [7, 11) is 0. The predicted molar refractivity (Wildman–Crippen MR) is 147 cm³/mol. The highest BCUT2D eigenvalue weighted by atomic mass is 32.1. The number of carbonyl (C=O) groups excluding carboxylic acids is 1. The first kappa shape index (κ1) is 22.7. The molecule has 0 spiro atoms. The maximum atomic E-state index is 12.6. The first-order valence-electron chi connectivity index (χ1n) is 11.8. The fourth-order valence-corrected chi connectivity index (χ4v) is 6.13. The fourth-order valence-electron chi connectivity index (χ4n) is 4.43. The summed E-state index contributed by atoms with van der Waals surface area (Å²) in [6.07, 6.45) is 8.39. The van der Waals surface area contributed by atoms with E-state index in [0.29, 0.717) is 16.3 Å². The van der Waals surface area contributed by atoms with Gasteiger partial charge in [0, 0.05) is 24.5 Å². The van der Waals surface area contributed by atoms with E-state index in [1.807, 2.05) is 30.6 Å². The van der Waals surface area contributed by atoms with Crippen LogP contribution in [0.3, 0.4) is 0 Å². The normalized spacial score (nSPS) is 13.9. The van der Waals surface area contributed by atoms with Gasteiger partial charge in [-0.2, -0.15) is 0 Å². The van der Waals surface area contributed by atoms with E-state index >= 15 is 0 Å². The lowest BCUT2D eigenvalue weighted by molar-refractivity contribution is 0.103. The molecule has 0 radical (unpaired) electrons. The van der Waals surface area contributed by atoms with Crippen molar-refractivity contribution in [2.45, 2.75) is 19.4 Å². The van der Waals surface area contributed by atoms with Crippen molar-refractivity contribution in [1.29, 1.82) is 0 Å². The number of fused-ring (bicyclic) bond motifs is 1. The SMILES string of the molecule is Nc1ccccc1NC(=O)c1ccc(Nc2ncc(-c3cnc4c(CN5CCCC5)cccn34)s2)s1. The summed E-state index contributed by atoms with van der Waals surface area (Å²) in [4.78, 5) is 26.0. The quantitative estimate of drug-likeness (QED) is 0.241. The molecule has 1 amide bonds. The van der Waals surface area contributed by atoms with Crippen LogP contribution in [0, 0.1) is 0 Å². The number of carbonyl (C=O) groups is 1. The van der Waals surface area contributed by atoms with Crippen molar-refractivity contribution in [3.8, 4) is 10.6 Å². The minimum Gasteiger partial charge on any atom is -0.397 e. The lowest BCUT2D eigenvalue weighted by atomic mass is 10.2.